The first kappa shape index (κ1) is 11.6. The van der Waals surface area contributed by atoms with Crippen molar-refractivity contribution in [2.45, 2.75) is 58.1 Å². The van der Waals surface area contributed by atoms with Crippen molar-refractivity contribution in [3.63, 3.8) is 0 Å². The van der Waals surface area contributed by atoms with Crippen molar-refractivity contribution in [2.75, 3.05) is 0 Å². The van der Waals surface area contributed by atoms with Crippen molar-refractivity contribution >= 4 is 0 Å². The van der Waals surface area contributed by atoms with Crippen LogP contribution in [0.5, 0.6) is 0 Å². The Hall–Kier alpha value is -0.830. The summed E-state index contributed by atoms with van der Waals surface area (Å²) in [5, 5.41) is 14.2. The predicted molar refractivity (Wildman–Crippen MR) is 64.2 cm³/mol. The van der Waals surface area contributed by atoms with Gasteiger partial charge >= 0.3 is 0 Å². The monoisotopic (exact) mass is 222 g/mol. The topological polar surface area (TPSA) is 38.0 Å². The fourth-order valence-corrected chi connectivity index (χ4v) is 2.67. The Morgan fingerprint density at radius 3 is 2.88 bits per heavy atom. The fourth-order valence-electron chi connectivity index (χ4n) is 2.67. The molecular formula is C13H22N2O. The van der Waals surface area contributed by atoms with Gasteiger partial charge in [0.1, 0.15) is 0 Å². The molecule has 1 fully saturated rings. The molecule has 1 saturated carbocycles. The minimum absolute atomic E-state index is 0.183. The summed E-state index contributed by atoms with van der Waals surface area (Å²) in [5.74, 6) is 0.760. The lowest BCUT2D eigenvalue weighted by atomic mass is 9.97. The van der Waals surface area contributed by atoms with Crippen LogP contribution in [0.15, 0.2) is 12.4 Å². The average molecular weight is 222 g/mol. The van der Waals surface area contributed by atoms with E-state index in [2.05, 4.69) is 12.0 Å². The Bertz CT molecular complexity index is 315. The lowest BCUT2D eigenvalue weighted by Crippen LogP contribution is -2.14. The summed E-state index contributed by atoms with van der Waals surface area (Å²) >= 11 is 0. The van der Waals surface area contributed by atoms with Crippen molar-refractivity contribution in [2.24, 2.45) is 5.92 Å². The van der Waals surface area contributed by atoms with Gasteiger partial charge < -0.3 is 5.11 Å². The van der Waals surface area contributed by atoms with Crippen molar-refractivity contribution in [1.29, 1.82) is 0 Å². The third-order valence-corrected chi connectivity index (χ3v) is 3.56. The molecule has 0 aromatic carbocycles. The summed E-state index contributed by atoms with van der Waals surface area (Å²) in [7, 11) is 0. The van der Waals surface area contributed by atoms with Crippen molar-refractivity contribution in [1.82, 2.24) is 9.78 Å². The summed E-state index contributed by atoms with van der Waals surface area (Å²) in [5.41, 5.74) is 1.16. The van der Waals surface area contributed by atoms with E-state index in [-0.39, 0.29) is 6.10 Å². The van der Waals surface area contributed by atoms with Gasteiger partial charge in [-0.25, -0.2) is 0 Å². The SMILES string of the molecule is CCn1cc(CC(O)CC2CCCC2)cn1. The van der Waals surface area contributed by atoms with Gasteiger partial charge in [-0.1, -0.05) is 25.7 Å². The Morgan fingerprint density at radius 2 is 2.25 bits per heavy atom. The number of nitrogens with zero attached hydrogens (tertiary/aromatic N) is 2. The van der Waals surface area contributed by atoms with Crippen LogP contribution < -0.4 is 0 Å². The molecule has 0 amide bonds. The molecule has 1 unspecified atom stereocenters. The van der Waals surface area contributed by atoms with Gasteiger partial charge in [0.15, 0.2) is 0 Å². The number of aryl methyl sites for hydroxylation is 1. The summed E-state index contributed by atoms with van der Waals surface area (Å²) < 4.78 is 1.91. The lowest BCUT2D eigenvalue weighted by molar-refractivity contribution is 0.143. The molecule has 0 spiro atoms. The van der Waals surface area contributed by atoms with E-state index in [9.17, 15) is 5.11 Å². The first-order valence-corrected chi connectivity index (χ1v) is 6.47. The third kappa shape index (κ3) is 3.08. The van der Waals surface area contributed by atoms with Gasteiger partial charge in [-0.05, 0) is 24.8 Å². The Kier molecular flexibility index (Phi) is 3.99. The second kappa shape index (κ2) is 5.48. The highest BCUT2D eigenvalue weighted by molar-refractivity contribution is 5.05. The highest BCUT2D eigenvalue weighted by Gasteiger charge is 2.19. The summed E-state index contributed by atoms with van der Waals surface area (Å²) in [4.78, 5) is 0. The molecule has 0 radical (unpaired) electrons. The number of hydrogen-bond donors (Lipinski definition) is 1. The van der Waals surface area contributed by atoms with Crippen LogP contribution >= 0.6 is 0 Å². The Balaban J connectivity index is 1.79. The highest BCUT2D eigenvalue weighted by atomic mass is 16.3. The van der Waals surface area contributed by atoms with Gasteiger partial charge in [0.2, 0.25) is 0 Å². The van der Waals surface area contributed by atoms with Gasteiger partial charge in [-0.2, -0.15) is 5.10 Å². The van der Waals surface area contributed by atoms with Crippen LogP contribution in [-0.2, 0) is 13.0 Å². The van der Waals surface area contributed by atoms with Crippen LogP contribution in [0.1, 0.15) is 44.6 Å². The van der Waals surface area contributed by atoms with Gasteiger partial charge in [-0.15, -0.1) is 0 Å². The lowest BCUT2D eigenvalue weighted by Gasteiger charge is -2.14. The van der Waals surface area contributed by atoms with E-state index in [4.69, 9.17) is 0 Å². The molecule has 0 saturated heterocycles. The highest BCUT2D eigenvalue weighted by Crippen LogP contribution is 2.29. The van der Waals surface area contributed by atoms with Crippen LogP contribution in [0.4, 0.5) is 0 Å². The molecule has 1 aromatic rings. The molecule has 0 bridgehead atoms. The van der Waals surface area contributed by atoms with Gasteiger partial charge in [0.25, 0.3) is 0 Å². The maximum atomic E-state index is 10.0. The van der Waals surface area contributed by atoms with Crippen molar-refractivity contribution in [3.8, 4) is 0 Å². The molecule has 1 aliphatic rings. The second-order valence-corrected chi connectivity index (χ2v) is 4.95. The molecule has 1 atom stereocenters. The van der Waals surface area contributed by atoms with Crippen LogP contribution in [0.2, 0.25) is 0 Å². The number of aliphatic hydroxyl groups is 1. The second-order valence-electron chi connectivity index (χ2n) is 4.95. The Morgan fingerprint density at radius 1 is 1.50 bits per heavy atom. The molecule has 3 nitrogen and oxygen atoms in total. The van der Waals surface area contributed by atoms with E-state index in [1.165, 1.54) is 25.7 Å². The van der Waals surface area contributed by atoms with E-state index in [0.717, 1.165) is 30.9 Å². The maximum Gasteiger partial charge on any atom is 0.0584 e. The zero-order valence-electron chi connectivity index (χ0n) is 10.1. The van der Waals surface area contributed by atoms with Crippen molar-refractivity contribution < 1.29 is 5.11 Å². The van der Waals surface area contributed by atoms with Gasteiger partial charge in [0.05, 0.1) is 12.3 Å². The maximum absolute atomic E-state index is 10.0. The standard InChI is InChI=1S/C13H22N2O/c1-2-15-10-12(9-14-15)8-13(16)7-11-5-3-4-6-11/h9-11,13,16H,2-8H2,1H3. The quantitative estimate of drug-likeness (QED) is 0.830. The first-order chi connectivity index (χ1) is 7.78. The normalized spacial score (nSPS) is 19.1. The minimum atomic E-state index is -0.183. The summed E-state index contributed by atoms with van der Waals surface area (Å²) in [6, 6.07) is 0. The average Bonchev–Trinajstić information content (AvgIpc) is 2.89. The van der Waals surface area contributed by atoms with E-state index in [1.807, 2.05) is 17.1 Å². The van der Waals surface area contributed by atoms with Crippen LogP contribution in [0.3, 0.4) is 0 Å². The zero-order valence-corrected chi connectivity index (χ0v) is 10.1. The first-order valence-electron chi connectivity index (χ1n) is 6.47. The Labute approximate surface area is 97.5 Å². The van der Waals surface area contributed by atoms with Crippen LogP contribution in [0.25, 0.3) is 0 Å². The number of rotatable bonds is 5. The molecule has 2 rings (SSSR count). The van der Waals surface area contributed by atoms with Gasteiger partial charge in [-0.3, -0.25) is 4.68 Å². The van der Waals surface area contributed by atoms with Crippen LogP contribution in [-0.4, -0.2) is 21.0 Å². The molecule has 1 heterocycles. The van der Waals surface area contributed by atoms with E-state index >= 15 is 0 Å². The largest absolute Gasteiger partial charge is 0.393 e. The smallest absolute Gasteiger partial charge is 0.0584 e. The summed E-state index contributed by atoms with van der Waals surface area (Å²) in [6.07, 6.45) is 10.8. The number of aromatic nitrogens is 2. The molecule has 0 aliphatic heterocycles. The molecular weight excluding hydrogens is 200 g/mol. The molecule has 3 heteroatoms. The molecule has 1 N–H and O–H groups in total. The van der Waals surface area contributed by atoms with Crippen molar-refractivity contribution in [3.05, 3.63) is 18.0 Å². The van der Waals surface area contributed by atoms with E-state index in [1.54, 1.807) is 0 Å². The number of hydrogen-bond acceptors (Lipinski definition) is 2. The van der Waals surface area contributed by atoms with E-state index < -0.39 is 0 Å². The predicted octanol–water partition coefficient (Wildman–Crippen LogP) is 2.39. The number of aliphatic hydroxyl groups excluding tert-OH is 1. The van der Waals surface area contributed by atoms with Crippen LogP contribution in [0, 0.1) is 5.92 Å². The molecule has 1 aliphatic carbocycles. The van der Waals surface area contributed by atoms with Gasteiger partial charge in [0, 0.05) is 19.2 Å². The van der Waals surface area contributed by atoms with E-state index in [0.29, 0.717) is 0 Å². The zero-order chi connectivity index (χ0) is 11.4. The summed E-state index contributed by atoms with van der Waals surface area (Å²) in [6.45, 7) is 2.98. The molecule has 90 valence electrons. The fraction of sp³-hybridized carbons (Fsp3) is 0.769. The molecule has 1 aromatic heterocycles. The molecule has 16 heavy (non-hydrogen) atoms. The third-order valence-electron chi connectivity index (χ3n) is 3.56. The minimum Gasteiger partial charge on any atom is -0.393 e.